The molecular formula is C16H24ClN3O4S. The van der Waals surface area contributed by atoms with Crippen LogP contribution >= 0.6 is 12.4 Å². The summed E-state index contributed by atoms with van der Waals surface area (Å²) in [6, 6.07) is 4.65. The number of nitrogens with one attached hydrogen (secondary N) is 1. The van der Waals surface area contributed by atoms with Crippen LogP contribution in [0, 0.1) is 11.8 Å². The quantitative estimate of drug-likeness (QED) is 0.794. The van der Waals surface area contributed by atoms with Gasteiger partial charge in [0.1, 0.15) is 10.6 Å². The molecule has 3 unspecified atom stereocenters. The van der Waals surface area contributed by atoms with Crippen LogP contribution in [0.5, 0.6) is 5.75 Å². The molecule has 25 heavy (non-hydrogen) atoms. The maximum absolute atomic E-state index is 12.8. The highest BCUT2D eigenvalue weighted by Gasteiger charge is 2.42. The molecular weight excluding hydrogens is 366 g/mol. The summed E-state index contributed by atoms with van der Waals surface area (Å²) in [6.07, 6.45) is 2.07. The number of carbonyl (C=O) groups is 1. The summed E-state index contributed by atoms with van der Waals surface area (Å²) >= 11 is 0. The molecule has 1 aliphatic heterocycles. The van der Waals surface area contributed by atoms with Crippen LogP contribution in [-0.2, 0) is 10.0 Å². The molecule has 140 valence electrons. The zero-order chi connectivity index (χ0) is 17.5. The maximum atomic E-state index is 12.8. The Morgan fingerprint density at radius 3 is 2.64 bits per heavy atom. The molecule has 1 aromatic rings. The lowest BCUT2D eigenvalue weighted by Crippen LogP contribution is -2.33. The predicted molar refractivity (Wildman–Crippen MR) is 96.6 cm³/mol. The molecule has 0 spiro atoms. The Balaban J connectivity index is 0.00000225. The third-order valence-electron chi connectivity index (χ3n) is 5.17. The summed E-state index contributed by atoms with van der Waals surface area (Å²) < 4.78 is 31.7. The van der Waals surface area contributed by atoms with Crippen LogP contribution in [0.25, 0.3) is 0 Å². The number of halogens is 1. The summed E-state index contributed by atoms with van der Waals surface area (Å²) in [5.41, 5.74) is 6.46. The topological polar surface area (TPSA) is 102 Å². The van der Waals surface area contributed by atoms with Gasteiger partial charge in [-0.3, -0.25) is 4.79 Å². The molecule has 1 aromatic carbocycles. The number of hydrogen-bond donors (Lipinski definition) is 2. The molecule has 3 rings (SSSR count). The molecule has 1 amide bonds. The van der Waals surface area contributed by atoms with E-state index in [-0.39, 0.29) is 35.0 Å². The van der Waals surface area contributed by atoms with Gasteiger partial charge in [-0.25, -0.2) is 13.1 Å². The van der Waals surface area contributed by atoms with Crippen molar-refractivity contribution in [3.8, 4) is 5.75 Å². The average Bonchev–Trinajstić information content (AvgIpc) is 3.16. The summed E-state index contributed by atoms with van der Waals surface area (Å²) in [4.78, 5) is 14.5. The average molecular weight is 390 g/mol. The van der Waals surface area contributed by atoms with Crippen molar-refractivity contribution >= 4 is 28.3 Å². The Kier molecular flexibility index (Phi) is 5.98. The molecule has 1 heterocycles. The molecule has 9 heteroatoms. The lowest BCUT2D eigenvalue weighted by molar-refractivity contribution is 0.0779. The van der Waals surface area contributed by atoms with Crippen molar-refractivity contribution in [2.45, 2.75) is 23.8 Å². The molecule has 3 atom stereocenters. The Morgan fingerprint density at radius 1 is 1.32 bits per heavy atom. The van der Waals surface area contributed by atoms with E-state index in [2.05, 4.69) is 4.72 Å². The van der Waals surface area contributed by atoms with Gasteiger partial charge in [-0.05, 0) is 49.9 Å². The van der Waals surface area contributed by atoms with Crippen LogP contribution < -0.4 is 15.2 Å². The molecule has 7 nitrogen and oxygen atoms in total. The standard InChI is InChI=1S/C16H23N3O4S.ClH/c1-18-24(21,22)15-7-10(4-6-14(15)23-2)16(20)19-8-11-3-5-13(17)12(11)9-19;/h4,6-7,11-13,18H,3,5,8-9,17H2,1-2H3;1H. The van der Waals surface area contributed by atoms with Crippen LogP contribution in [-0.4, -0.2) is 52.5 Å². The Bertz CT molecular complexity index is 756. The molecule has 2 fully saturated rings. The largest absolute Gasteiger partial charge is 0.495 e. The van der Waals surface area contributed by atoms with Gasteiger partial charge in [0.05, 0.1) is 7.11 Å². The van der Waals surface area contributed by atoms with Crippen molar-refractivity contribution in [2.24, 2.45) is 17.6 Å². The first-order valence-corrected chi connectivity index (χ1v) is 9.52. The number of sulfonamides is 1. The van der Waals surface area contributed by atoms with E-state index >= 15 is 0 Å². The smallest absolute Gasteiger partial charge is 0.253 e. The fourth-order valence-electron chi connectivity index (χ4n) is 3.79. The fourth-order valence-corrected chi connectivity index (χ4v) is 4.70. The van der Waals surface area contributed by atoms with Crippen molar-refractivity contribution in [2.75, 3.05) is 27.2 Å². The van der Waals surface area contributed by atoms with Crippen molar-refractivity contribution in [3.05, 3.63) is 23.8 Å². The number of fused-ring (bicyclic) bond motifs is 1. The minimum atomic E-state index is -3.71. The SMILES string of the molecule is CNS(=O)(=O)c1cc(C(=O)N2CC3CCC(N)C3C2)ccc1OC.Cl. The molecule has 0 aromatic heterocycles. The molecule has 1 saturated heterocycles. The van der Waals surface area contributed by atoms with E-state index < -0.39 is 10.0 Å². The number of nitrogens with zero attached hydrogens (tertiary/aromatic N) is 1. The number of hydrogen-bond acceptors (Lipinski definition) is 5. The van der Waals surface area contributed by atoms with E-state index in [9.17, 15) is 13.2 Å². The van der Waals surface area contributed by atoms with Gasteiger partial charge < -0.3 is 15.4 Å². The Hall–Kier alpha value is -1.35. The molecule has 0 radical (unpaired) electrons. The first kappa shape index (κ1) is 20.0. The van der Waals surface area contributed by atoms with Gasteiger partial charge in [0.15, 0.2) is 0 Å². The van der Waals surface area contributed by atoms with E-state index in [0.29, 0.717) is 30.5 Å². The molecule has 0 bridgehead atoms. The van der Waals surface area contributed by atoms with Gasteiger partial charge in [0.2, 0.25) is 10.0 Å². The highest BCUT2D eigenvalue weighted by Crippen LogP contribution is 2.37. The second-order valence-corrected chi connectivity index (χ2v) is 8.30. The number of ether oxygens (including phenoxy) is 1. The van der Waals surface area contributed by atoms with E-state index in [4.69, 9.17) is 10.5 Å². The minimum absolute atomic E-state index is 0. The van der Waals surface area contributed by atoms with Gasteiger partial charge in [-0.1, -0.05) is 0 Å². The summed E-state index contributed by atoms with van der Waals surface area (Å²) in [5.74, 6) is 0.864. The van der Waals surface area contributed by atoms with Gasteiger partial charge in [0.25, 0.3) is 5.91 Å². The maximum Gasteiger partial charge on any atom is 0.253 e. The number of nitrogens with two attached hydrogens (primary N) is 1. The third kappa shape index (κ3) is 3.62. The van der Waals surface area contributed by atoms with Crippen molar-refractivity contribution in [3.63, 3.8) is 0 Å². The van der Waals surface area contributed by atoms with Crippen molar-refractivity contribution in [1.82, 2.24) is 9.62 Å². The van der Waals surface area contributed by atoms with Gasteiger partial charge >= 0.3 is 0 Å². The Morgan fingerprint density at radius 2 is 2.04 bits per heavy atom. The number of carbonyl (C=O) groups excluding carboxylic acids is 1. The molecule has 1 aliphatic carbocycles. The fraction of sp³-hybridized carbons (Fsp3) is 0.562. The number of benzene rings is 1. The van der Waals surface area contributed by atoms with E-state index in [1.807, 2.05) is 0 Å². The summed E-state index contributed by atoms with van der Waals surface area (Å²) in [5, 5.41) is 0. The zero-order valence-corrected chi connectivity index (χ0v) is 15.9. The van der Waals surface area contributed by atoms with Gasteiger partial charge in [-0.15, -0.1) is 12.4 Å². The van der Waals surface area contributed by atoms with E-state index in [1.165, 1.54) is 26.3 Å². The predicted octanol–water partition coefficient (Wildman–Crippen LogP) is 0.834. The van der Waals surface area contributed by atoms with Gasteiger partial charge in [-0.2, -0.15) is 0 Å². The zero-order valence-electron chi connectivity index (χ0n) is 14.3. The monoisotopic (exact) mass is 389 g/mol. The number of rotatable bonds is 4. The van der Waals surface area contributed by atoms with Crippen LogP contribution in [0.2, 0.25) is 0 Å². The van der Waals surface area contributed by atoms with E-state index in [1.54, 1.807) is 11.0 Å². The summed E-state index contributed by atoms with van der Waals surface area (Å²) in [6.45, 7) is 1.34. The second kappa shape index (κ2) is 7.49. The minimum Gasteiger partial charge on any atom is -0.495 e. The first-order valence-electron chi connectivity index (χ1n) is 8.04. The van der Waals surface area contributed by atoms with Crippen LogP contribution in [0.3, 0.4) is 0 Å². The molecule has 2 aliphatic rings. The van der Waals surface area contributed by atoms with Crippen molar-refractivity contribution < 1.29 is 17.9 Å². The van der Waals surface area contributed by atoms with Gasteiger partial charge in [0, 0.05) is 24.7 Å². The summed E-state index contributed by atoms with van der Waals surface area (Å²) in [7, 11) is -0.987. The molecule has 3 N–H and O–H groups in total. The number of methoxy groups -OCH3 is 1. The first-order chi connectivity index (χ1) is 11.4. The van der Waals surface area contributed by atoms with Crippen LogP contribution in [0.15, 0.2) is 23.1 Å². The van der Waals surface area contributed by atoms with Crippen LogP contribution in [0.4, 0.5) is 0 Å². The normalized spacial score (nSPS) is 25.4. The van der Waals surface area contributed by atoms with Crippen molar-refractivity contribution in [1.29, 1.82) is 0 Å². The highest BCUT2D eigenvalue weighted by molar-refractivity contribution is 7.89. The lowest BCUT2D eigenvalue weighted by Gasteiger charge is -2.19. The number of amides is 1. The highest BCUT2D eigenvalue weighted by atomic mass is 35.5. The lowest BCUT2D eigenvalue weighted by atomic mass is 9.98. The molecule has 1 saturated carbocycles. The van der Waals surface area contributed by atoms with E-state index in [0.717, 1.165) is 12.8 Å². The third-order valence-corrected chi connectivity index (χ3v) is 6.60. The van der Waals surface area contributed by atoms with Crippen LogP contribution in [0.1, 0.15) is 23.2 Å². The second-order valence-electron chi connectivity index (χ2n) is 6.45. The number of likely N-dealkylation sites (tertiary alicyclic amines) is 1. The Labute approximate surface area is 154 Å².